The number of carbonyl (C=O) groups is 1. The molecule has 3 atom stereocenters. The van der Waals surface area contributed by atoms with Crippen LogP contribution in [0.25, 0.3) is 0 Å². The standard InChI is InChI=1S/C10H19NO3/c1-7-4-11(5-8(7)2)9(6-14-3)10(12)13/h7-9H,4-6H2,1-3H3,(H,12,13). The van der Waals surface area contributed by atoms with Gasteiger partial charge in [-0.1, -0.05) is 13.8 Å². The molecule has 1 rings (SSSR count). The van der Waals surface area contributed by atoms with Crippen LogP contribution in [0.4, 0.5) is 0 Å². The molecular weight excluding hydrogens is 182 g/mol. The summed E-state index contributed by atoms with van der Waals surface area (Å²) in [6.07, 6.45) is 0. The van der Waals surface area contributed by atoms with Crippen LogP contribution in [0.5, 0.6) is 0 Å². The van der Waals surface area contributed by atoms with Gasteiger partial charge >= 0.3 is 5.97 Å². The van der Waals surface area contributed by atoms with Crippen LogP contribution < -0.4 is 0 Å². The minimum absolute atomic E-state index is 0.273. The third-order valence-electron chi connectivity index (χ3n) is 3.07. The predicted molar refractivity (Wildman–Crippen MR) is 53.2 cm³/mol. The highest BCUT2D eigenvalue weighted by molar-refractivity contribution is 5.73. The molecule has 0 bridgehead atoms. The summed E-state index contributed by atoms with van der Waals surface area (Å²) in [5, 5.41) is 9.02. The molecule has 0 amide bonds. The smallest absolute Gasteiger partial charge is 0.323 e. The number of rotatable bonds is 4. The van der Waals surface area contributed by atoms with E-state index in [1.54, 1.807) is 7.11 Å². The van der Waals surface area contributed by atoms with Gasteiger partial charge in [-0.05, 0) is 11.8 Å². The van der Waals surface area contributed by atoms with Crippen molar-refractivity contribution in [2.45, 2.75) is 19.9 Å². The second-order valence-electron chi connectivity index (χ2n) is 4.22. The maximum atomic E-state index is 11.0. The Hall–Kier alpha value is -0.610. The van der Waals surface area contributed by atoms with Crippen LogP contribution in [-0.4, -0.2) is 48.8 Å². The average Bonchev–Trinajstić information content (AvgIpc) is 2.42. The third-order valence-corrected chi connectivity index (χ3v) is 3.07. The third kappa shape index (κ3) is 2.45. The van der Waals surface area contributed by atoms with Crippen molar-refractivity contribution in [3.8, 4) is 0 Å². The molecule has 0 radical (unpaired) electrons. The summed E-state index contributed by atoms with van der Waals surface area (Å²) in [6, 6.07) is -0.479. The summed E-state index contributed by atoms with van der Waals surface area (Å²) in [4.78, 5) is 13.0. The molecule has 1 aliphatic heterocycles. The molecule has 1 fully saturated rings. The molecule has 0 aromatic carbocycles. The van der Waals surface area contributed by atoms with Crippen molar-refractivity contribution >= 4 is 5.97 Å². The van der Waals surface area contributed by atoms with Gasteiger partial charge in [0.2, 0.25) is 0 Å². The zero-order valence-electron chi connectivity index (χ0n) is 9.06. The highest BCUT2D eigenvalue weighted by atomic mass is 16.5. The SMILES string of the molecule is COCC(C(=O)O)N1CC(C)C(C)C1. The molecule has 82 valence electrons. The molecule has 4 nitrogen and oxygen atoms in total. The molecule has 14 heavy (non-hydrogen) atoms. The minimum atomic E-state index is -0.784. The number of ether oxygens (including phenoxy) is 1. The van der Waals surface area contributed by atoms with Gasteiger partial charge in [0.15, 0.2) is 0 Å². The summed E-state index contributed by atoms with van der Waals surface area (Å²) >= 11 is 0. The largest absolute Gasteiger partial charge is 0.480 e. The van der Waals surface area contributed by atoms with Gasteiger partial charge in [0.05, 0.1) is 6.61 Å². The van der Waals surface area contributed by atoms with E-state index in [-0.39, 0.29) is 6.61 Å². The highest BCUT2D eigenvalue weighted by Gasteiger charge is 2.34. The van der Waals surface area contributed by atoms with Crippen LogP contribution in [0, 0.1) is 11.8 Å². The average molecular weight is 201 g/mol. The second-order valence-corrected chi connectivity index (χ2v) is 4.22. The molecule has 4 heteroatoms. The number of nitrogens with zero attached hydrogens (tertiary/aromatic N) is 1. The summed E-state index contributed by atoms with van der Waals surface area (Å²) in [5.74, 6) is 0.371. The van der Waals surface area contributed by atoms with Gasteiger partial charge in [0.1, 0.15) is 6.04 Å². The van der Waals surface area contributed by atoms with E-state index < -0.39 is 12.0 Å². The quantitative estimate of drug-likeness (QED) is 0.726. The minimum Gasteiger partial charge on any atom is -0.480 e. The van der Waals surface area contributed by atoms with E-state index in [1.165, 1.54) is 0 Å². The fourth-order valence-electron chi connectivity index (χ4n) is 1.92. The van der Waals surface area contributed by atoms with Gasteiger partial charge < -0.3 is 9.84 Å². The fourth-order valence-corrected chi connectivity index (χ4v) is 1.92. The van der Waals surface area contributed by atoms with Crippen LogP contribution in [0.1, 0.15) is 13.8 Å². The lowest BCUT2D eigenvalue weighted by atomic mass is 10.0. The first kappa shape index (κ1) is 11.5. The molecule has 0 aromatic heterocycles. The first-order valence-electron chi connectivity index (χ1n) is 5.02. The number of methoxy groups -OCH3 is 1. The predicted octanol–water partition coefficient (Wildman–Crippen LogP) is 0.674. The highest BCUT2D eigenvalue weighted by Crippen LogP contribution is 2.24. The lowest BCUT2D eigenvalue weighted by molar-refractivity contribution is -0.144. The Kier molecular flexibility index (Phi) is 3.89. The zero-order valence-corrected chi connectivity index (χ0v) is 9.06. The van der Waals surface area contributed by atoms with Gasteiger partial charge in [0, 0.05) is 20.2 Å². The van der Waals surface area contributed by atoms with Gasteiger partial charge in [0.25, 0.3) is 0 Å². The monoisotopic (exact) mass is 201 g/mol. The van der Waals surface area contributed by atoms with Gasteiger partial charge in [-0.25, -0.2) is 0 Å². The summed E-state index contributed by atoms with van der Waals surface area (Å²) < 4.78 is 4.93. The Morgan fingerprint density at radius 3 is 2.36 bits per heavy atom. The van der Waals surface area contributed by atoms with Crippen molar-refractivity contribution in [2.24, 2.45) is 11.8 Å². The molecule has 1 aliphatic rings. The van der Waals surface area contributed by atoms with E-state index in [4.69, 9.17) is 9.84 Å². The Morgan fingerprint density at radius 2 is 2.00 bits per heavy atom. The Labute approximate surface area is 84.8 Å². The number of carboxylic acid groups (broad SMARTS) is 1. The lowest BCUT2D eigenvalue weighted by Gasteiger charge is -2.23. The van der Waals surface area contributed by atoms with Gasteiger partial charge in [-0.15, -0.1) is 0 Å². The number of hydrogen-bond donors (Lipinski definition) is 1. The summed E-state index contributed by atoms with van der Waals surface area (Å²) in [7, 11) is 1.54. The number of aliphatic carboxylic acids is 1. The van der Waals surface area contributed by atoms with Crippen molar-refractivity contribution in [2.75, 3.05) is 26.8 Å². The molecule has 1 N–H and O–H groups in total. The maximum absolute atomic E-state index is 11.0. The second kappa shape index (κ2) is 4.75. The van der Waals surface area contributed by atoms with Crippen molar-refractivity contribution in [1.29, 1.82) is 0 Å². The number of likely N-dealkylation sites (tertiary alicyclic amines) is 1. The van der Waals surface area contributed by atoms with Crippen LogP contribution in [0.3, 0.4) is 0 Å². The number of hydrogen-bond acceptors (Lipinski definition) is 3. The normalized spacial score (nSPS) is 30.5. The molecule has 0 aliphatic carbocycles. The van der Waals surface area contributed by atoms with E-state index in [9.17, 15) is 4.79 Å². The van der Waals surface area contributed by atoms with Crippen LogP contribution in [0.15, 0.2) is 0 Å². The summed E-state index contributed by atoms with van der Waals surface area (Å²) in [6.45, 7) is 6.32. The molecule has 1 saturated heterocycles. The van der Waals surface area contributed by atoms with Crippen molar-refractivity contribution in [3.63, 3.8) is 0 Å². The fraction of sp³-hybridized carbons (Fsp3) is 0.900. The zero-order chi connectivity index (χ0) is 10.7. The van der Waals surface area contributed by atoms with E-state index in [1.807, 2.05) is 4.90 Å². The molecule has 0 spiro atoms. The Balaban J connectivity index is 2.57. The topological polar surface area (TPSA) is 49.8 Å². The van der Waals surface area contributed by atoms with Crippen molar-refractivity contribution in [3.05, 3.63) is 0 Å². The van der Waals surface area contributed by atoms with E-state index in [2.05, 4.69) is 13.8 Å². The first-order chi connectivity index (χ1) is 6.56. The molecule has 0 saturated carbocycles. The first-order valence-corrected chi connectivity index (χ1v) is 5.02. The number of carboxylic acids is 1. The van der Waals surface area contributed by atoms with E-state index in [0.29, 0.717) is 11.8 Å². The van der Waals surface area contributed by atoms with Gasteiger partial charge in [-0.2, -0.15) is 0 Å². The lowest BCUT2D eigenvalue weighted by Crippen LogP contribution is -2.43. The van der Waals surface area contributed by atoms with Crippen molar-refractivity contribution in [1.82, 2.24) is 4.90 Å². The Bertz CT molecular complexity index is 198. The van der Waals surface area contributed by atoms with E-state index in [0.717, 1.165) is 13.1 Å². The Morgan fingerprint density at radius 1 is 1.50 bits per heavy atom. The van der Waals surface area contributed by atoms with Crippen LogP contribution >= 0.6 is 0 Å². The molecular formula is C10H19NO3. The van der Waals surface area contributed by atoms with Crippen LogP contribution in [0.2, 0.25) is 0 Å². The summed E-state index contributed by atoms with van der Waals surface area (Å²) in [5.41, 5.74) is 0. The maximum Gasteiger partial charge on any atom is 0.323 e. The van der Waals surface area contributed by atoms with E-state index >= 15 is 0 Å². The van der Waals surface area contributed by atoms with Crippen molar-refractivity contribution < 1.29 is 14.6 Å². The van der Waals surface area contributed by atoms with Crippen LogP contribution in [-0.2, 0) is 9.53 Å². The molecule has 0 aromatic rings. The molecule has 3 unspecified atom stereocenters. The van der Waals surface area contributed by atoms with Gasteiger partial charge in [-0.3, -0.25) is 9.69 Å². The molecule has 1 heterocycles.